The molecule has 0 radical (unpaired) electrons. The summed E-state index contributed by atoms with van der Waals surface area (Å²) < 4.78 is 6.75. The van der Waals surface area contributed by atoms with Crippen LogP contribution in [0.1, 0.15) is 48.7 Å². The van der Waals surface area contributed by atoms with Gasteiger partial charge in [-0.3, -0.25) is 4.90 Å². The van der Waals surface area contributed by atoms with Crippen molar-refractivity contribution in [3.63, 3.8) is 0 Å². The van der Waals surface area contributed by atoms with Crippen LogP contribution in [0.15, 0.2) is 30.5 Å². The third kappa shape index (κ3) is 4.18. The topological polar surface area (TPSA) is 88.5 Å². The monoisotopic (exact) mass is 411 g/mol. The van der Waals surface area contributed by atoms with Crippen LogP contribution in [0.3, 0.4) is 0 Å². The zero-order valence-electron chi connectivity index (χ0n) is 17.6. The summed E-state index contributed by atoms with van der Waals surface area (Å²) in [4.78, 5) is 27.1. The van der Waals surface area contributed by atoms with E-state index in [0.29, 0.717) is 29.6 Å². The van der Waals surface area contributed by atoms with Crippen molar-refractivity contribution in [2.24, 2.45) is 0 Å². The van der Waals surface area contributed by atoms with Crippen molar-refractivity contribution < 1.29 is 14.3 Å². The van der Waals surface area contributed by atoms with Crippen molar-refractivity contribution in [3.8, 4) is 5.69 Å². The van der Waals surface area contributed by atoms with E-state index >= 15 is 0 Å². The van der Waals surface area contributed by atoms with Crippen molar-refractivity contribution in [1.82, 2.24) is 20.0 Å². The van der Waals surface area contributed by atoms with E-state index in [2.05, 4.69) is 20.6 Å². The molecule has 0 spiro atoms. The number of aromatic nitrogens is 2. The van der Waals surface area contributed by atoms with Gasteiger partial charge in [0.25, 0.3) is 0 Å². The Morgan fingerprint density at radius 2 is 2.10 bits per heavy atom. The fraction of sp³-hybridized carbons (Fsp3) is 0.500. The van der Waals surface area contributed by atoms with E-state index in [9.17, 15) is 9.59 Å². The smallest absolute Gasteiger partial charge is 0.341 e. The Labute approximate surface area is 176 Å². The molecule has 0 unspecified atom stereocenters. The second kappa shape index (κ2) is 8.87. The zero-order chi connectivity index (χ0) is 21.1. The number of esters is 1. The summed E-state index contributed by atoms with van der Waals surface area (Å²) in [6.07, 6.45) is 6.16. The van der Waals surface area contributed by atoms with Crippen molar-refractivity contribution in [2.45, 2.75) is 51.6 Å². The predicted octanol–water partition coefficient (Wildman–Crippen LogP) is 3.11. The lowest BCUT2D eigenvalue weighted by molar-refractivity contribution is 0.0525. The Morgan fingerprint density at radius 1 is 1.23 bits per heavy atom. The van der Waals surface area contributed by atoms with Gasteiger partial charge in [-0.05, 0) is 57.9 Å². The van der Waals surface area contributed by atoms with Gasteiger partial charge in [0.05, 0.1) is 24.2 Å². The number of benzene rings is 1. The lowest BCUT2D eigenvalue weighted by atomic mass is 9.99. The number of amides is 2. The highest BCUT2D eigenvalue weighted by molar-refractivity contribution is 5.91. The molecule has 4 rings (SSSR count). The summed E-state index contributed by atoms with van der Waals surface area (Å²) in [5.74, 6) is -0.386. The van der Waals surface area contributed by atoms with Gasteiger partial charge in [-0.15, -0.1) is 0 Å². The molecule has 1 aromatic heterocycles. The predicted molar refractivity (Wildman–Crippen MR) is 114 cm³/mol. The van der Waals surface area contributed by atoms with Crippen LogP contribution in [0.5, 0.6) is 0 Å². The van der Waals surface area contributed by atoms with Gasteiger partial charge >= 0.3 is 12.0 Å². The molecule has 2 atom stereocenters. The van der Waals surface area contributed by atoms with Crippen LogP contribution in [0, 0.1) is 6.92 Å². The van der Waals surface area contributed by atoms with Crippen LogP contribution in [0.25, 0.3) is 5.69 Å². The summed E-state index contributed by atoms with van der Waals surface area (Å²) in [7, 11) is 0. The number of hydrogen-bond donors (Lipinski definition) is 2. The molecule has 160 valence electrons. The van der Waals surface area contributed by atoms with Crippen molar-refractivity contribution in [2.75, 3.05) is 25.0 Å². The van der Waals surface area contributed by atoms with E-state index in [0.717, 1.165) is 31.6 Å². The van der Waals surface area contributed by atoms with E-state index in [1.165, 1.54) is 19.0 Å². The first-order chi connectivity index (χ1) is 14.6. The molecular formula is C22H29N5O3. The summed E-state index contributed by atoms with van der Waals surface area (Å²) >= 11 is 0. The molecule has 3 heterocycles. The highest BCUT2D eigenvalue weighted by Crippen LogP contribution is 2.27. The Morgan fingerprint density at radius 3 is 2.93 bits per heavy atom. The maximum Gasteiger partial charge on any atom is 0.341 e. The van der Waals surface area contributed by atoms with Crippen LogP contribution in [0.4, 0.5) is 10.5 Å². The highest BCUT2D eigenvalue weighted by atomic mass is 16.5. The normalized spacial score (nSPS) is 21.1. The fourth-order valence-corrected chi connectivity index (χ4v) is 4.55. The molecule has 0 bridgehead atoms. The maximum atomic E-state index is 12.6. The number of urea groups is 1. The van der Waals surface area contributed by atoms with E-state index in [-0.39, 0.29) is 18.0 Å². The molecule has 0 aliphatic carbocycles. The Kier molecular flexibility index (Phi) is 6.03. The zero-order valence-corrected chi connectivity index (χ0v) is 17.6. The molecule has 1 aromatic carbocycles. The SMILES string of the molecule is CCOC(=O)c1cnn(-c2cccc(NC(=O)N[C@@H]3CCN4CCCC[C@H]34)c2)c1C. The minimum atomic E-state index is -0.386. The maximum absolute atomic E-state index is 12.6. The number of fused-ring (bicyclic) bond motifs is 1. The number of nitrogens with zero attached hydrogens (tertiary/aromatic N) is 3. The van der Waals surface area contributed by atoms with E-state index in [1.807, 2.05) is 31.2 Å². The second-order valence-electron chi connectivity index (χ2n) is 7.92. The average Bonchev–Trinajstić information content (AvgIpc) is 3.32. The number of hydrogen-bond acceptors (Lipinski definition) is 5. The van der Waals surface area contributed by atoms with Crippen LogP contribution < -0.4 is 10.6 Å². The minimum absolute atomic E-state index is 0.186. The number of piperidine rings is 1. The van der Waals surface area contributed by atoms with E-state index in [4.69, 9.17) is 4.74 Å². The Bertz CT molecular complexity index is 925. The van der Waals surface area contributed by atoms with E-state index < -0.39 is 0 Å². The molecule has 30 heavy (non-hydrogen) atoms. The lowest BCUT2D eigenvalue weighted by Gasteiger charge is -2.32. The Balaban J connectivity index is 1.43. The van der Waals surface area contributed by atoms with Crippen LogP contribution in [0.2, 0.25) is 0 Å². The fourth-order valence-electron chi connectivity index (χ4n) is 4.55. The number of carbonyl (C=O) groups excluding carboxylic acids is 2. The van der Waals surface area contributed by atoms with Gasteiger partial charge in [0.1, 0.15) is 5.56 Å². The molecule has 2 aliphatic rings. The van der Waals surface area contributed by atoms with Gasteiger partial charge in [-0.1, -0.05) is 12.5 Å². The third-order valence-corrected chi connectivity index (χ3v) is 6.03. The highest BCUT2D eigenvalue weighted by Gasteiger charge is 2.36. The number of carbonyl (C=O) groups is 2. The van der Waals surface area contributed by atoms with Gasteiger partial charge in [-0.25, -0.2) is 14.3 Å². The van der Waals surface area contributed by atoms with E-state index in [1.54, 1.807) is 11.6 Å². The number of ether oxygens (including phenoxy) is 1. The van der Waals surface area contributed by atoms with Crippen molar-refractivity contribution in [1.29, 1.82) is 0 Å². The Hall–Kier alpha value is -2.87. The minimum Gasteiger partial charge on any atom is -0.462 e. The largest absolute Gasteiger partial charge is 0.462 e. The van der Waals surface area contributed by atoms with Crippen LogP contribution in [-0.2, 0) is 4.74 Å². The summed E-state index contributed by atoms with van der Waals surface area (Å²) in [5, 5.41) is 10.4. The van der Waals surface area contributed by atoms with Gasteiger partial charge in [-0.2, -0.15) is 5.10 Å². The van der Waals surface area contributed by atoms with Crippen molar-refractivity contribution in [3.05, 3.63) is 41.7 Å². The van der Waals surface area contributed by atoms with Gasteiger partial charge in [0.15, 0.2) is 0 Å². The number of anilines is 1. The summed E-state index contributed by atoms with van der Waals surface area (Å²) in [6.45, 7) is 6.12. The molecule has 2 amide bonds. The molecule has 2 N–H and O–H groups in total. The standard InChI is InChI=1S/C22H29N5O3/c1-3-30-21(28)18-14-23-27(15(18)2)17-8-6-7-16(13-17)24-22(29)25-19-10-12-26-11-5-4-9-20(19)26/h6-8,13-14,19-20H,3-5,9-12H2,1-2H3,(H2,24,25,29)/t19-,20-/m1/s1. The molecule has 8 heteroatoms. The molecule has 2 aromatic rings. The first kappa shape index (κ1) is 20.4. The average molecular weight is 412 g/mol. The van der Waals surface area contributed by atoms with Gasteiger partial charge in [0.2, 0.25) is 0 Å². The summed E-state index contributed by atoms with van der Waals surface area (Å²) in [6, 6.07) is 7.90. The molecule has 0 saturated carbocycles. The third-order valence-electron chi connectivity index (χ3n) is 6.03. The van der Waals surface area contributed by atoms with Gasteiger partial charge in [0, 0.05) is 24.3 Å². The van der Waals surface area contributed by atoms with Crippen molar-refractivity contribution >= 4 is 17.7 Å². The van der Waals surface area contributed by atoms with Crippen LogP contribution >= 0.6 is 0 Å². The molecule has 2 aliphatic heterocycles. The first-order valence-corrected chi connectivity index (χ1v) is 10.7. The van der Waals surface area contributed by atoms with Crippen LogP contribution in [-0.4, -0.2) is 58.5 Å². The lowest BCUT2D eigenvalue weighted by Crippen LogP contribution is -2.47. The second-order valence-corrected chi connectivity index (χ2v) is 7.92. The molecule has 2 saturated heterocycles. The summed E-state index contributed by atoms with van der Waals surface area (Å²) in [5.41, 5.74) is 2.57. The molecule has 8 nitrogen and oxygen atoms in total. The quantitative estimate of drug-likeness (QED) is 0.738. The first-order valence-electron chi connectivity index (χ1n) is 10.7. The molecular weight excluding hydrogens is 382 g/mol. The molecule has 2 fully saturated rings. The number of rotatable bonds is 5. The number of nitrogens with one attached hydrogen (secondary N) is 2. The van der Waals surface area contributed by atoms with Gasteiger partial charge < -0.3 is 15.4 Å².